The van der Waals surface area contributed by atoms with Crippen molar-refractivity contribution in [1.82, 2.24) is 15.6 Å². The first kappa shape index (κ1) is 10.9. The molecule has 19 heavy (non-hydrogen) atoms. The van der Waals surface area contributed by atoms with Gasteiger partial charge in [0.15, 0.2) is 0 Å². The van der Waals surface area contributed by atoms with Crippen molar-refractivity contribution in [2.75, 3.05) is 13.1 Å². The molecule has 1 saturated heterocycles. The molecule has 1 saturated carbocycles. The van der Waals surface area contributed by atoms with Crippen LogP contribution in [0.4, 0.5) is 0 Å². The lowest BCUT2D eigenvalue weighted by Crippen LogP contribution is -2.32. The molecule has 2 fully saturated rings. The zero-order chi connectivity index (χ0) is 12.8. The minimum absolute atomic E-state index is 0.00343. The van der Waals surface area contributed by atoms with Gasteiger partial charge >= 0.3 is 0 Å². The molecule has 4 rings (SSSR count). The van der Waals surface area contributed by atoms with Gasteiger partial charge in [-0.3, -0.25) is 9.78 Å². The minimum Gasteiger partial charge on any atom is -0.349 e. The molecule has 96 valence electrons. The summed E-state index contributed by atoms with van der Waals surface area (Å²) in [6.07, 6.45) is 1.73. The molecule has 1 aliphatic heterocycles. The van der Waals surface area contributed by atoms with Crippen LogP contribution in [-0.4, -0.2) is 30.0 Å². The lowest BCUT2D eigenvalue weighted by atomic mass is 10.1. The van der Waals surface area contributed by atoms with Gasteiger partial charge in [0.25, 0.3) is 5.91 Å². The Balaban J connectivity index is 1.61. The van der Waals surface area contributed by atoms with Crippen molar-refractivity contribution >= 4 is 16.8 Å². The van der Waals surface area contributed by atoms with E-state index in [-0.39, 0.29) is 5.91 Å². The number of benzene rings is 1. The summed E-state index contributed by atoms with van der Waals surface area (Å²) in [7, 11) is 0. The summed E-state index contributed by atoms with van der Waals surface area (Å²) in [5, 5.41) is 7.48. The van der Waals surface area contributed by atoms with Gasteiger partial charge in [-0.05, 0) is 24.0 Å². The van der Waals surface area contributed by atoms with Crippen molar-refractivity contribution in [3.05, 3.63) is 42.1 Å². The van der Waals surface area contributed by atoms with Crippen molar-refractivity contribution in [3.8, 4) is 0 Å². The van der Waals surface area contributed by atoms with Crippen LogP contribution in [0.15, 0.2) is 36.5 Å². The first-order valence-electron chi connectivity index (χ1n) is 6.70. The van der Waals surface area contributed by atoms with Crippen molar-refractivity contribution in [3.63, 3.8) is 0 Å². The maximum Gasteiger partial charge on any atom is 0.253 e. The highest BCUT2D eigenvalue weighted by molar-refractivity contribution is 6.05. The van der Waals surface area contributed by atoms with Crippen LogP contribution in [0.2, 0.25) is 0 Å². The van der Waals surface area contributed by atoms with Crippen LogP contribution in [0.5, 0.6) is 0 Å². The van der Waals surface area contributed by atoms with E-state index in [1.807, 2.05) is 30.3 Å². The number of rotatable bonds is 2. The molecule has 1 aromatic heterocycles. The third-order valence-electron chi connectivity index (χ3n) is 4.27. The van der Waals surface area contributed by atoms with E-state index < -0.39 is 0 Å². The Kier molecular flexibility index (Phi) is 2.32. The number of nitrogens with one attached hydrogen (secondary N) is 2. The number of nitrogens with zero attached hydrogens (tertiary/aromatic N) is 1. The Morgan fingerprint density at radius 1 is 1.21 bits per heavy atom. The first-order valence-corrected chi connectivity index (χ1v) is 6.70. The average Bonchev–Trinajstić information content (AvgIpc) is 2.88. The van der Waals surface area contributed by atoms with E-state index in [9.17, 15) is 4.79 Å². The van der Waals surface area contributed by atoms with Crippen molar-refractivity contribution < 1.29 is 4.79 Å². The Bertz CT molecular complexity index is 639. The summed E-state index contributed by atoms with van der Waals surface area (Å²) >= 11 is 0. The van der Waals surface area contributed by atoms with Gasteiger partial charge in [0.05, 0.1) is 11.1 Å². The summed E-state index contributed by atoms with van der Waals surface area (Å²) in [5.74, 6) is 1.27. The number of hydrogen-bond acceptors (Lipinski definition) is 3. The van der Waals surface area contributed by atoms with Gasteiger partial charge in [0.1, 0.15) is 0 Å². The van der Waals surface area contributed by atoms with Gasteiger partial charge in [-0.1, -0.05) is 18.2 Å². The highest BCUT2D eigenvalue weighted by Gasteiger charge is 2.53. The van der Waals surface area contributed by atoms with Crippen LogP contribution in [0, 0.1) is 11.8 Å². The number of hydrogen-bond donors (Lipinski definition) is 2. The molecule has 4 nitrogen and oxygen atoms in total. The Morgan fingerprint density at radius 2 is 2.00 bits per heavy atom. The van der Waals surface area contributed by atoms with Gasteiger partial charge in [-0.25, -0.2) is 0 Å². The summed E-state index contributed by atoms with van der Waals surface area (Å²) in [5.41, 5.74) is 1.46. The Morgan fingerprint density at radius 3 is 2.84 bits per heavy atom. The highest BCUT2D eigenvalue weighted by Crippen LogP contribution is 2.41. The largest absolute Gasteiger partial charge is 0.349 e. The van der Waals surface area contributed by atoms with Crippen molar-refractivity contribution in [1.29, 1.82) is 0 Å². The van der Waals surface area contributed by atoms with Crippen LogP contribution in [0.25, 0.3) is 10.9 Å². The van der Waals surface area contributed by atoms with Gasteiger partial charge in [-0.2, -0.15) is 0 Å². The van der Waals surface area contributed by atoms with Crippen LogP contribution in [-0.2, 0) is 0 Å². The molecule has 2 aromatic rings. The lowest BCUT2D eigenvalue weighted by molar-refractivity contribution is 0.0948. The Labute approximate surface area is 111 Å². The number of aromatic nitrogens is 1. The van der Waals surface area contributed by atoms with Gasteiger partial charge in [0.2, 0.25) is 0 Å². The summed E-state index contributed by atoms with van der Waals surface area (Å²) < 4.78 is 0. The maximum atomic E-state index is 12.4. The zero-order valence-corrected chi connectivity index (χ0v) is 10.5. The SMILES string of the molecule is O=C(NC1C2CNCC21)c1cccc2cccnc12. The molecule has 0 spiro atoms. The molecule has 1 amide bonds. The molecule has 2 heterocycles. The fraction of sp³-hybridized carbons (Fsp3) is 0.333. The molecule has 4 heteroatoms. The average molecular weight is 253 g/mol. The van der Waals surface area contributed by atoms with E-state index in [0.29, 0.717) is 23.4 Å². The smallest absolute Gasteiger partial charge is 0.253 e. The van der Waals surface area contributed by atoms with E-state index in [4.69, 9.17) is 0 Å². The molecule has 1 aliphatic carbocycles. The van der Waals surface area contributed by atoms with Crippen LogP contribution >= 0.6 is 0 Å². The lowest BCUT2D eigenvalue weighted by Gasteiger charge is -2.09. The van der Waals surface area contributed by atoms with Crippen molar-refractivity contribution in [2.24, 2.45) is 11.8 Å². The van der Waals surface area contributed by atoms with Crippen LogP contribution in [0.1, 0.15) is 10.4 Å². The second-order valence-electron chi connectivity index (χ2n) is 5.37. The molecule has 2 atom stereocenters. The minimum atomic E-state index is 0.00343. The van der Waals surface area contributed by atoms with E-state index in [2.05, 4.69) is 15.6 Å². The van der Waals surface area contributed by atoms with E-state index in [1.165, 1.54) is 0 Å². The fourth-order valence-corrected chi connectivity index (χ4v) is 3.15. The summed E-state index contributed by atoms with van der Waals surface area (Å²) in [6, 6.07) is 9.97. The second-order valence-corrected chi connectivity index (χ2v) is 5.37. The van der Waals surface area contributed by atoms with Crippen LogP contribution in [0.3, 0.4) is 0 Å². The summed E-state index contributed by atoms with van der Waals surface area (Å²) in [6.45, 7) is 2.06. The van der Waals surface area contributed by atoms with Crippen molar-refractivity contribution in [2.45, 2.75) is 6.04 Å². The standard InChI is InChI=1S/C15H15N3O/c19-15(18-14-11-7-16-8-12(11)14)10-5-1-3-9-4-2-6-17-13(9)10/h1-6,11-12,14,16H,7-8H2,(H,18,19). The van der Waals surface area contributed by atoms with E-state index in [0.717, 1.165) is 24.0 Å². The second kappa shape index (κ2) is 4.03. The molecule has 0 radical (unpaired) electrons. The fourth-order valence-electron chi connectivity index (χ4n) is 3.15. The molecular formula is C15H15N3O. The number of carbonyl (C=O) groups excluding carboxylic acids is 1. The molecule has 0 bridgehead atoms. The van der Waals surface area contributed by atoms with E-state index >= 15 is 0 Å². The third-order valence-corrected chi connectivity index (χ3v) is 4.27. The van der Waals surface area contributed by atoms with Gasteiger partial charge in [-0.15, -0.1) is 0 Å². The van der Waals surface area contributed by atoms with Crippen LogP contribution < -0.4 is 10.6 Å². The number of pyridine rings is 1. The predicted octanol–water partition coefficient (Wildman–Crippen LogP) is 1.18. The molecule has 2 unspecified atom stereocenters. The Hall–Kier alpha value is -1.94. The third kappa shape index (κ3) is 1.71. The van der Waals surface area contributed by atoms with Gasteiger partial charge < -0.3 is 10.6 Å². The van der Waals surface area contributed by atoms with E-state index in [1.54, 1.807) is 6.20 Å². The number of amides is 1. The molecular weight excluding hydrogens is 238 g/mol. The molecule has 2 N–H and O–H groups in total. The zero-order valence-electron chi connectivity index (χ0n) is 10.5. The predicted molar refractivity (Wildman–Crippen MR) is 72.8 cm³/mol. The first-order chi connectivity index (χ1) is 9.34. The monoisotopic (exact) mass is 253 g/mol. The molecule has 1 aromatic carbocycles. The number of piperidine rings is 1. The number of carbonyl (C=O) groups is 1. The number of fused-ring (bicyclic) bond motifs is 2. The maximum absolute atomic E-state index is 12.4. The van der Waals surface area contributed by atoms with Gasteiger partial charge in [0, 0.05) is 30.7 Å². The summed E-state index contributed by atoms with van der Waals surface area (Å²) in [4.78, 5) is 16.7. The highest BCUT2D eigenvalue weighted by atomic mass is 16.1. The number of para-hydroxylation sites is 1. The normalized spacial score (nSPS) is 28.1. The quantitative estimate of drug-likeness (QED) is 0.845. The molecule has 2 aliphatic rings. The topological polar surface area (TPSA) is 54.0 Å².